The van der Waals surface area contributed by atoms with Gasteiger partial charge < -0.3 is 4.90 Å². The summed E-state index contributed by atoms with van der Waals surface area (Å²) in [6.07, 6.45) is 1.77. The topological polar surface area (TPSA) is 87.2 Å². The Morgan fingerprint density at radius 3 is 2.76 bits per heavy atom. The molecule has 1 aliphatic carbocycles. The summed E-state index contributed by atoms with van der Waals surface area (Å²) in [6.45, 7) is 1.59. The molecule has 0 atom stereocenters. The summed E-state index contributed by atoms with van der Waals surface area (Å²) >= 11 is 0. The quantitative estimate of drug-likeness (QED) is 0.616. The summed E-state index contributed by atoms with van der Waals surface area (Å²) in [5.41, 5.74) is -0.552. The summed E-state index contributed by atoms with van der Waals surface area (Å²) in [5, 5.41) is 19.5. The van der Waals surface area contributed by atoms with Gasteiger partial charge in [0.25, 0.3) is 11.6 Å². The molecule has 1 amide bonds. The Kier molecular flexibility index (Phi) is 4.17. The van der Waals surface area contributed by atoms with Crippen molar-refractivity contribution in [1.29, 1.82) is 5.26 Å². The van der Waals surface area contributed by atoms with Crippen LogP contribution in [0.15, 0.2) is 12.1 Å². The van der Waals surface area contributed by atoms with Gasteiger partial charge >= 0.3 is 0 Å². The van der Waals surface area contributed by atoms with Crippen LogP contribution in [0.2, 0.25) is 0 Å². The highest BCUT2D eigenvalue weighted by Gasteiger charge is 2.34. The molecule has 1 aliphatic rings. The number of nitrogens with zero attached hydrogens (tertiary/aromatic N) is 3. The number of benzene rings is 1. The van der Waals surface area contributed by atoms with Gasteiger partial charge in [-0.3, -0.25) is 14.9 Å². The van der Waals surface area contributed by atoms with Crippen molar-refractivity contribution in [2.75, 3.05) is 6.54 Å². The van der Waals surface area contributed by atoms with Crippen molar-refractivity contribution in [2.45, 2.75) is 32.2 Å². The molecular weight excluding hydrogens is 277 g/mol. The van der Waals surface area contributed by atoms with Crippen molar-refractivity contribution in [2.24, 2.45) is 0 Å². The molecule has 0 radical (unpaired) electrons. The number of non-ortho nitro benzene ring substituents is 1. The fourth-order valence-electron chi connectivity index (χ4n) is 2.17. The Morgan fingerprint density at radius 2 is 2.24 bits per heavy atom. The predicted molar refractivity (Wildman–Crippen MR) is 72.1 cm³/mol. The van der Waals surface area contributed by atoms with Gasteiger partial charge in [-0.1, -0.05) is 0 Å². The van der Waals surface area contributed by atoms with Crippen LogP contribution in [-0.2, 0) is 0 Å². The third-order valence-electron chi connectivity index (χ3n) is 3.39. The molecule has 1 aromatic rings. The van der Waals surface area contributed by atoms with Gasteiger partial charge in [-0.05, 0) is 25.3 Å². The van der Waals surface area contributed by atoms with E-state index >= 15 is 0 Å². The molecule has 2 rings (SSSR count). The molecule has 110 valence electrons. The van der Waals surface area contributed by atoms with Crippen LogP contribution in [-0.4, -0.2) is 28.3 Å². The van der Waals surface area contributed by atoms with Crippen LogP contribution >= 0.6 is 0 Å². The Balaban J connectivity index is 2.37. The van der Waals surface area contributed by atoms with Crippen molar-refractivity contribution in [3.63, 3.8) is 0 Å². The second kappa shape index (κ2) is 5.87. The maximum atomic E-state index is 14.1. The van der Waals surface area contributed by atoms with Crippen LogP contribution in [0.3, 0.4) is 0 Å². The molecule has 6 nitrogen and oxygen atoms in total. The number of nitriles is 1. The van der Waals surface area contributed by atoms with Crippen LogP contribution in [0.4, 0.5) is 10.1 Å². The molecule has 0 aromatic heterocycles. The molecule has 21 heavy (non-hydrogen) atoms. The monoisotopic (exact) mass is 291 g/mol. The average Bonchev–Trinajstić information content (AvgIpc) is 3.26. The largest absolute Gasteiger partial charge is 0.335 e. The van der Waals surface area contributed by atoms with Gasteiger partial charge in [-0.2, -0.15) is 5.26 Å². The zero-order valence-corrected chi connectivity index (χ0v) is 11.5. The highest BCUT2D eigenvalue weighted by atomic mass is 19.1. The van der Waals surface area contributed by atoms with E-state index in [1.54, 1.807) is 0 Å². The van der Waals surface area contributed by atoms with E-state index < -0.39 is 16.6 Å². The lowest BCUT2D eigenvalue weighted by molar-refractivity contribution is -0.385. The molecule has 7 heteroatoms. The summed E-state index contributed by atoms with van der Waals surface area (Å²) in [7, 11) is 0. The number of carbonyl (C=O) groups excluding carboxylic acids is 1. The fourth-order valence-corrected chi connectivity index (χ4v) is 2.17. The van der Waals surface area contributed by atoms with E-state index in [9.17, 15) is 19.3 Å². The second-order valence-corrected chi connectivity index (χ2v) is 5.02. The molecule has 0 N–H and O–H groups in total. The zero-order valence-electron chi connectivity index (χ0n) is 11.5. The second-order valence-electron chi connectivity index (χ2n) is 5.02. The maximum absolute atomic E-state index is 14.1. The van der Waals surface area contributed by atoms with Crippen molar-refractivity contribution in [3.05, 3.63) is 39.2 Å². The minimum absolute atomic E-state index is 0.00446. The lowest BCUT2D eigenvalue weighted by atomic mass is 10.1. The van der Waals surface area contributed by atoms with E-state index in [1.165, 1.54) is 11.8 Å². The molecule has 0 spiro atoms. The van der Waals surface area contributed by atoms with E-state index in [0.29, 0.717) is 0 Å². The molecular formula is C14H14FN3O3. The Bertz CT molecular complexity index is 635. The Hall–Kier alpha value is -2.49. The first-order valence-electron chi connectivity index (χ1n) is 6.58. The van der Waals surface area contributed by atoms with Crippen LogP contribution < -0.4 is 0 Å². The molecule has 1 aromatic carbocycles. The number of rotatable bonds is 5. The number of aryl methyl sites for hydroxylation is 1. The van der Waals surface area contributed by atoms with E-state index in [1.807, 2.05) is 6.07 Å². The van der Waals surface area contributed by atoms with E-state index in [2.05, 4.69) is 0 Å². The fraction of sp³-hybridized carbons (Fsp3) is 0.429. The summed E-state index contributed by atoms with van der Waals surface area (Å²) in [6, 6.07) is 4.02. The number of nitro benzene ring substituents is 1. The maximum Gasteiger partial charge on any atom is 0.270 e. The SMILES string of the molecule is Cc1cc([N+](=O)[O-])cc(C(=O)N(CCC#N)C2CC2)c1F. The first kappa shape index (κ1) is 14.9. The highest BCUT2D eigenvalue weighted by Crippen LogP contribution is 2.30. The molecule has 0 unspecified atom stereocenters. The summed E-state index contributed by atoms with van der Waals surface area (Å²) < 4.78 is 14.1. The number of carbonyl (C=O) groups is 1. The molecule has 1 fully saturated rings. The van der Waals surface area contributed by atoms with Crippen molar-refractivity contribution in [3.8, 4) is 6.07 Å². The Labute approximate surface area is 120 Å². The highest BCUT2D eigenvalue weighted by molar-refractivity contribution is 5.95. The van der Waals surface area contributed by atoms with Crippen LogP contribution in [0, 0.1) is 34.2 Å². The first-order chi connectivity index (χ1) is 9.95. The van der Waals surface area contributed by atoms with Crippen molar-refractivity contribution < 1.29 is 14.1 Å². The van der Waals surface area contributed by atoms with E-state index in [-0.39, 0.29) is 35.8 Å². The molecule has 0 bridgehead atoms. The third kappa shape index (κ3) is 3.16. The normalized spacial score (nSPS) is 13.6. The van der Waals surface area contributed by atoms with Gasteiger partial charge in [0.1, 0.15) is 5.82 Å². The Morgan fingerprint density at radius 1 is 1.57 bits per heavy atom. The van der Waals surface area contributed by atoms with Crippen LogP contribution in [0.1, 0.15) is 35.2 Å². The van der Waals surface area contributed by atoms with Crippen LogP contribution in [0.5, 0.6) is 0 Å². The van der Waals surface area contributed by atoms with E-state index in [4.69, 9.17) is 5.26 Å². The van der Waals surface area contributed by atoms with Crippen LogP contribution in [0.25, 0.3) is 0 Å². The number of hydrogen-bond donors (Lipinski definition) is 0. The molecule has 0 aliphatic heterocycles. The summed E-state index contributed by atoms with van der Waals surface area (Å²) in [5.74, 6) is -1.33. The predicted octanol–water partition coefficient (Wildman–Crippen LogP) is 2.56. The summed E-state index contributed by atoms with van der Waals surface area (Å²) in [4.78, 5) is 24.1. The lowest BCUT2D eigenvalue weighted by Crippen LogP contribution is -2.34. The average molecular weight is 291 g/mol. The smallest absolute Gasteiger partial charge is 0.270 e. The van der Waals surface area contributed by atoms with Gasteiger partial charge in [-0.15, -0.1) is 0 Å². The third-order valence-corrected chi connectivity index (χ3v) is 3.39. The van der Waals surface area contributed by atoms with Gasteiger partial charge in [0.05, 0.1) is 23.0 Å². The standard InChI is InChI=1S/C14H14FN3O3/c1-9-7-11(18(20)21)8-12(13(9)15)14(19)17(6-2-5-16)10-3-4-10/h7-8,10H,2-4,6H2,1H3. The van der Waals surface area contributed by atoms with Crippen molar-refractivity contribution >= 4 is 11.6 Å². The van der Waals surface area contributed by atoms with Crippen molar-refractivity contribution in [1.82, 2.24) is 4.90 Å². The van der Waals surface area contributed by atoms with E-state index in [0.717, 1.165) is 25.0 Å². The number of nitro groups is 1. The number of halogens is 1. The van der Waals surface area contributed by atoms with Gasteiger partial charge in [0.2, 0.25) is 0 Å². The van der Waals surface area contributed by atoms with Gasteiger partial charge in [0.15, 0.2) is 0 Å². The van der Waals surface area contributed by atoms with Gasteiger partial charge in [0, 0.05) is 24.7 Å². The van der Waals surface area contributed by atoms with Gasteiger partial charge in [-0.25, -0.2) is 4.39 Å². The molecule has 1 saturated carbocycles. The zero-order chi connectivity index (χ0) is 15.6. The minimum Gasteiger partial charge on any atom is -0.335 e. The molecule has 0 saturated heterocycles. The number of hydrogen-bond acceptors (Lipinski definition) is 4. The minimum atomic E-state index is -0.742. The molecule has 0 heterocycles. The number of amides is 1. The first-order valence-corrected chi connectivity index (χ1v) is 6.58. The lowest BCUT2D eigenvalue weighted by Gasteiger charge is -2.21.